The maximum atomic E-state index is 5.42. The molecule has 0 atom stereocenters. The molecular weight excluding hydrogens is 503 g/mol. The zero-order chi connectivity index (χ0) is 21.2. The van der Waals surface area contributed by atoms with Crippen LogP contribution in [0.25, 0.3) is 0 Å². The van der Waals surface area contributed by atoms with Crippen molar-refractivity contribution in [2.75, 3.05) is 58.3 Å². The van der Waals surface area contributed by atoms with Gasteiger partial charge in [-0.25, -0.2) is 4.98 Å². The number of rotatable bonds is 8. The van der Waals surface area contributed by atoms with Crippen LogP contribution in [-0.4, -0.2) is 69.3 Å². The Labute approximate surface area is 203 Å². The van der Waals surface area contributed by atoms with Gasteiger partial charge < -0.3 is 25.2 Å². The SMILES string of the molecule is CCN1CCN(c2cc(CNC(=NC)NCCc3ccccc3OC)ccn2)CC1.I. The van der Waals surface area contributed by atoms with E-state index in [1.165, 1.54) is 11.1 Å². The molecule has 170 valence electrons. The van der Waals surface area contributed by atoms with Crippen molar-refractivity contribution in [3.63, 3.8) is 0 Å². The summed E-state index contributed by atoms with van der Waals surface area (Å²) in [5, 5.41) is 6.78. The molecule has 7 nitrogen and oxygen atoms in total. The molecular formula is C23H35IN6O. The van der Waals surface area contributed by atoms with Gasteiger partial charge in [-0.1, -0.05) is 25.1 Å². The second-order valence-corrected chi connectivity index (χ2v) is 7.36. The zero-order valence-electron chi connectivity index (χ0n) is 18.8. The molecule has 0 amide bonds. The summed E-state index contributed by atoms with van der Waals surface area (Å²) in [5.74, 6) is 2.77. The number of guanidine groups is 1. The van der Waals surface area contributed by atoms with Crippen LogP contribution in [0.3, 0.4) is 0 Å². The van der Waals surface area contributed by atoms with Crippen LogP contribution in [0.1, 0.15) is 18.1 Å². The highest BCUT2D eigenvalue weighted by Crippen LogP contribution is 2.17. The third kappa shape index (κ3) is 7.53. The van der Waals surface area contributed by atoms with Gasteiger partial charge in [0.1, 0.15) is 11.6 Å². The second kappa shape index (κ2) is 13.4. The van der Waals surface area contributed by atoms with Gasteiger partial charge in [-0.3, -0.25) is 4.99 Å². The smallest absolute Gasteiger partial charge is 0.191 e. The van der Waals surface area contributed by atoms with Crippen molar-refractivity contribution in [1.29, 1.82) is 0 Å². The number of pyridine rings is 1. The summed E-state index contributed by atoms with van der Waals surface area (Å²) < 4.78 is 5.42. The lowest BCUT2D eigenvalue weighted by Gasteiger charge is -2.34. The molecule has 0 aliphatic carbocycles. The van der Waals surface area contributed by atoms with Gasteiger partial charge in [0, 0.05) is 52.5 Å². The predicted molar refractivity (Wildman–Crippen MR) is 139 cm³/mol. The summed E-state index contributed by atoms with van der Waals surface area (Å²) in [6.07, 6.45) is 2.77. The van der Waals surface area contributed by atoms with Gasteiger partial charge in [0.25, 0.3) is 0 Å². The number of benzene rings is 1. The number of methoxy groups -OCH3 is 1. The molecule has 1 fully saturated rings. The number of hydrogen-bond donors (Lipinski definition) is 2. The number of anilines is 1. The van der Waals surface area contributed by atoms with Crippen LogP contribution >= 0.6 is 24.0 Å². The van der Waals surface area contributed by atoms with Crippen molar-refractivity contribution in [3.05, 3.63) is 53.7 Å². The molecule has 1 saturated heterocycles. The van der Waals surface area contributed by atoms with E-state index >= 15 is 0 Å². The molecule has 8 heteroatoms. The molecule has 3 rings (SSSR count). The molecule has 0 saturated carbocycles. The molecule has 2 heterocycles. The van der Waals surface area contributed by atoms with Gasteiger partial charge in [0.15, 0.2) is 5.96 Å². The number of hydrogen-bond acceptors (Lipinski definition) is 5. The quantitative estimate of drug-likeness (QED) is 0.306. The Morgan fingerprint density at radius 1 is 1.13 bits per heavy atom. The number of para-hydroxylation sites is 1. The van der Waals surface area contributed by atoms with Gasteiger partial charge in [-0.15, -0.1) is 24.0 Å². The Bertz CT molecular complexity index is 823. The molecule has 31 heavy (non-hydrogen) atoms. The number of halogens is 1. The van der Waals surface area contributed by atoms with Gasteiger partial charge in [0.05, 0.1) is 7.11 Å². The zero-order valence-corrected chi connectivity index (χ0v) is 21.1. The van der Waals surface area contributed by atoms with E-state index in [1.807, 2.05) is 24.4 Å². The maximum Gasteiger partial charge on any atom is 0.191 e. The van der Waals surface area contributed by atoms with Crippen molar-refractivity contribution in [2.24, 2.45) is 4.99 Å². The van der Waals surface area contributed by atoms with Crippen molar-refractivity contribution in [1.82, 2.24) is 20.5 Å². The first-order valence-corrected chi connectivity index (χ1v) is 10.7. The van der Waals surface area contributed by atoms with Crippen molar-refractivity contribution in [2.45, 2.75) is 19.9 Å². The number of aliphatic imine (C=N–C) groups is 1. The lowest BCUT2D eigenvalue weighted by molar-refractivity contribution is 0.270. The summed E-state index contributed by atoms with van der Waals surface area (Å²) in [5.41, 5.74) is 2.38. The molecule has 0 unspecified atom stereocenters. The Kier molecular flexibility index (Phi) is 10.9. The van der Waals surface area contributed by atoms with Crippen molar-refractivity contribution >= 4 is 35.8 Å². The van der Waals surface area contributed by atoms with Crippen LogP contribution in [-0.2, 0) is 13.0 Å². The van der Waals surface area contributed by atoms with E-state index in [-0.39, 0.29) is 24.0 Å². The molecule has 2 aromatic rings. The summed E-state index contributed by atoms with van der Waals surface area (Å²) in [7, 11) is 3.50. The molecule has 2 N–H and O–H groups in total. The number of ether oxygens (including phenoxy) is 1. The monoisotopic (exact) mass is 538 g/mol. The Hall–Kier alpha value is -2.07. The van der Waals surface area contributed by atoms with Gasteiger partial charge >= 0.3 is 0 Å². The molecule has 1 aromatic carbocycles. The lowest BCUT2D eigenvalue weighted by Crippen LogP contribution is -2.46. The first kappa shape index (κ1) is 25.2. The first-order chi connectivity index (χ1) is 14.7. The Morgan fingerprint density at radius 3 is 2.61 bits per heavy atom. The average Bonchev–Trinajstić information content (AvgIpc) is 2.81. The van der Waals surface area contributed by atoms with E-state index in [4.69, 9.17) is 4.74 Å². The van der Waals surface area contributed by atoms with Gasteiger partial charge in [-0.2, -0.15) is 0 Å². The van der Waals surface area contributed by atoms with Crippen LogP contribution in [0.5, 0.6) is 5.75 Å². The topological polar surface area (TPSA) is 65.0 Å². The van der Waals surface area contributed by atoms with Gasteiger partial charge in [0.2, 0.25) is 0 Å². The summed E-state index contributed by atoms with van der Waals surface area (Å²) in [6.45, 7) is 9.09. The largest absolute Gasteiger partial charge is 0.496 e. The summed E-state index contributed by atoms with van der Waals surface area (Å²) in [4.78, 5) is 13.8. The number of likely N-dealkylation sites (N-methyl/N-ethyl adjacent to an activating group) is 1. The number of nitrogens with one attached hydrogen (secondary N) is 2. The molecule has 1 aromatic heterocycles. The fourth-order valence-corrected chi connectivity index (χ4v) is 3.67. The maximum absolute atomic E-state index is 5.42. The molecule has 1 aliphatic rings. The van der Waals surface area contributed by atoms with E-state index in [9.17, 15) is 0 Å². The van der Waals surface area contributed by atoms with Crippen LogP contribution in [0.4, 0.5) is 5.82 Å². The molecule has 0 radical (unpaired) electrons. The Balaban J connectivity index is 0.00000341. The highest BCUT2D eigenvalue weighted by atomic mass is 127. The summed E-state index contributed by atoms with van der Waals surface area (Å²) >= 11 is 0. The minimum Gasteiger partial charge on any atom is -0.496 e. The molecule has 0 bridgehead atoms. The average molecular weight is 538 g/mol. The summed E-state index contributed by atoms with van der Waals surface area (Å²) in [6, 6.07) is 12.3. The normalized spacial score (nSPS) is 14.7. The third-order valence-corrected chi connectivity index (χ3v) is 5.52. The lowest BCUT2D eigenvalue weighted by atomic mass is 10.1. The number of nitrogens with zero attached hydrogens (tertiary/aromatic N) is 4. The highest BCUT2D eigenvalue weighted by Gasteiger charge is 2.16. The van der Waals surface area contributed by atoms with E-state index in [1.54, 1.807) is 14.2 Å². The fourth-order valence-electron chi connectivity index (χ4n) is 3.67. The van der Waals surface area contributed by atoms with Crippen LogP contribution in [0.2, 0.25) is 0 Å². The van der Waals surface area contributed by atoms with E-state index < -0.39 is 0 Å². The second-order valence-electron chi connectivity index (χ2n) is 7.36. The highest BCUT2D eigenvalue weighted by molar-refractivity contribution is 14.0. The third-order valence-electron chi connectivity index (χ3n) is 5.52. The van der Waals surface area contributed by atoms with Crippen molar-refractivity contribution in [3.8, 4) is 5.75 Å². The molecule has 0 spiro atoms. The van der Waals surface area contributed by atoms with E-state index in [0.29, 0.717) is 6.54 Å². The van der Waals surface area contributed by atoms with E-state index in [0.717, 1.165) is 63.2 Å². The standard InChI is InChI=1S/C23H34N6O.HI/c1-4-28-13-15-29(16-14-28)22-17-19(9-11-25-22)18-27-23(24-2)26-12-10-20-7-5-6-8-21(20)30-3;/h5-9,11,17H,4,10,12-16,18H2,1-3H3,(H2,24,26,27);1H. The molecule has 1 aliphatic heterocycles. The minimum absolute atomic E-state index is 0. The predicted octanol–water partition coefficient (Wildman–Crippen LogP) is 2.76. The minimum atomic E-state index is 0. The number of aromatic nitrogens is 1. The van der Waals surface area contributed by atoms with Crippen LogP contribution in [0.15, 0.2) is 47.6 Å². The number of piperazine rings is 1. The van der Waals surface area contributed by atoms with Crippen molar-refractivity contribution < 1.29 is 4.74 Å². The Morgan fingerprint density at radius 2 is 1.90 bits per heavy atom. The fraction of sp³-hybridized carbons (Fsp3) is 0.478. The van der Waals surface area contributed by atoms with E-state index in [2.05, 4.69) is 55.5 Å². The first-order valence-electron chi connectivity index (χ1n) is 10.7. The van der Waals surface area contributed by atoms with Crippen LogP contribution < -0.4 is 20.3 Å². The van der Waals surface area contributed by atoms with Crippen LogP contribution in [0, 0.1) is 0 Å². The van der Waals surface area contributed by atoms with Gasteiger partial charge in [-0.05, 0) is 42.3 Å².